The number of hydrogen-bond acceptors (Lipinski definition) is 3. The van der Waals surface area contributed by atoms with Gasteiger partial charge in [-0.3, -0.25) is 14.8 Å². The molecule has 0 amide bonds. The van der Waals surface area contributed by atoms with E-state index in [1.807, 2.05) is 0 Å². The van der Waals surface area contributed by atoms with Gasteiger partial charge in [-0.25, -0.2) is 4.39 Å². The fourth-order valence-electron chi connectivity index (χ4n) is 1.91. The second-order valence-corrected chi connectivity index (χ2v) is 4.06. The van der Waals surface area contributed by atoms with E-state index in [1.165, 1.54) is 16.8 Å². The van der Waals surface area contributed by atoms with Crippen molar-refractivity contribution in [2.75, 3.05) is 0 Å². The van der Waals surface area contributed by atoms with Crippen molar-refractivity contribution in [3.63, 3.8) is 0 Å². The Morgan fingerprint density at radius 1 is 1.44 bits per heavy atom. The maximum absolute atomic E-state index is 13.0. The Labute approximate surface area is 103 Å². The van der Waals surface area contributed by atoms with E-state index in [4.69, 9.17) is 0 Å². The summed E-state index contributed by atoms with van der Waals surface area (Å²) in [6.45, 7) is 3.54. The second kappa shape index (κ2) is 4.56. The van der Waals surface area contributed by atoms with Crippen molar-refractivity contribution in [3.05, 3.63) is 57.1 Å². The van der Waals surface area contributed by atoms with Crippen molar-refractivity contribution < 1.29 is 9.31 Å². The van der Waals surface area contributed by atoms with Crippen molar-refractivity contribution in [2.24, 2.45) is 0 Å². The van der Waals surface area contributed by atoms with Crippen molar-refractivity contribution in [1.29, 1.82) is 0 Å². The predicted molar refractivity (Wildman–Crippen MR) is 63.9 cm³/mol. The number of nitro groups is 1. The molecule has 1 aromatic heterocycles. The molecule has 0 atom stereocenters. The highest BCUT2D eigenvalue weighted by Crippen LogP contribution is 2.22. The van der Waals surface area contributed by atoms with Gasteiger partial charge in [0.25, 0.3) is 0 Å². The molecular formula is C12H12FN3O2. The summed E-state index contributed by atoms with van der Waals surface area (Å²) in [4.78, 5) is 10.4. The fraction of sp³-hybridized carbons (Fsp3) is 0.250. The third kappa shape index (κ3) is 2.22. The molecule has 1 aromatic carbocycles. The van der Waals surface area contributed by atoms with Gasteiger partial charge < -0.3 is 0 Å². The van der Waals surface area contributed by atoms with Crippen LogP contribution in [0.25, 0.3) is 0 Å². The largest absolute Gasteiger partial charge is 0.312 e. The molecule has 2 rings (SSSR count). The van der Waals surface area contributed by atoms with E-state index < -0.39 is 4.92 Å². The molecule has 2 aromatic rings. The Kier molecular flexibility index (Phi) is 3.10. The summed E-state index contributed by atoms with van der Waals surface area (Å²) in [7, 11) is 0. The maximum Gasteiger partial charge on any atom is 0.312 e. The molecule has 5 nitrogen and oxygen atoms in total. The number of aromatic nitrogens is 2. The monoisotopic (exact) mass is 249 g/mol. The first-order chi connectivity index (χ1) is 8.49. The summed E-state index contributed by atoms with van der Waals surface area (Å²) < 4.78 is 14.6. The zero-order valence-electron chi connectivity index (χ0n) is 10.1. The first kappa shape index (κ1) is 12.2. The predicted octanol–water partition coefficient (Wildman–Crippen LogP) is 2.60. The van der Waals surface area contributed by atoms with Gasteiger partial charge in [-0.2, -0.15) is 5.10 Å². The van der Waals surface area contributed by atoms with Crippen LogP contribution in [-0.2, 0) is 6.54 Å². The minimum Gasteiger partial charge on any atom is -0.258 e. The zero-order valence-corrected chi connectivity index (χ0v) is 10.1. The van der Waals surface area contributed by atoms with Gasteiger partial charge in [0.05, 0.1) is 11.5 Å². The molecule has 0 fully saturated rings. The molecule has 0 N–H and O–H groups in total. The van der Waals surface area contributed by atoms with Crippen molar-refractivity contribution in [2.45, 2.75) is 20.4 Å². The van der Waals surface area contributed by atoms with E-state index >= 15 is 0 Å². The molecule has 0 spiro atoms. The second-order valence-electron chi connectivity index (χ2n) is 4.06. The normalized spacial score (nSPS) is 10.6. The van der Waals surface area contributed by atoms with E-state index in [2.05, 4.69) is 5.10 Å². The van der Waals surface area contributed by atoms with Crippen LogP contribution in [0, 0.1) is 29.8 Å². The Balaban J connectivity index is 2.36. The number of aryl methyl sites for hydroxylation is 1. The highest BCUT2D eigenvalue weighted by molar-refractivity contribution is 5.39. The van der Waals surface area contributed by atoms with E-state index in [1.54, 1.807) is 26.0 Å². The highest BCUT2D eigenvalue weighted by Gasteiger charge is 2.21. The Morgan fingerprint density at radius 2 is 2.17 bits per heavy atom. The van der Waals surface area contributed by atoms with E-state index in [-0.39, 0.29) is 11.5 Å². The van der Waals surface area contributed by atoms with E-state index in [0.29, 0.717) is 17.9 Å². The Hall–Kier alpha value is -2.24. The third-order valence-electron chi connectivity index (χ3n) is 2.75. The molecule has 0 saturated heterocycles. The lowest BCUT2D eigenvalue weighted by molar-refractivity contribution is -0.386. The molecule has 0 aliphatic carbocycles. The Morgan fingerprint density at radius 3 is 2.72 bits per heavy atom. The lowest BCUT2D eigenvalue weighted by Gasteiger charge is -2.03. The molecule has 0 unspecified atom stereocenters. The summed E-state index contributed by atoms with van der Waals surface area (Å²) in [6, 6.07) is 6.10. The quantitative estimate of drug-likeness (QED) is 0.620. The van der Waals surface area contributed by atoms with Gasteiger partial charge in [0.2, 0.25) is 0 Å². The smallest absolute Gasteiger partial charge is 0.258 e. The number of halogens is 1. The SMILES string of the molecule is Cc1nn(Cc2cccc(F)c2)c(C)c1[N+](=O)[O-]. The topological polar surface area (TPSA) is 61.0 Å². The van der Waals surface area contributed by atoms with Crippen molar-refractivity contribution in [3.8, 4) is 0 Å². The van der Waals surface area contributed by atoms with Crippen LogP contribution in [0.1, 0.15) is 17.0 Å². The summed E-state index contributed by atoms with van der Waals surface area (Å²) >= 11 is 0. The van der Waals surface area contributed by atoms with Crippen molar-refractivity contribution in [1.82, 2.24) is 9.78 Å². The number of rotatable bonds is 3. The molecule has 0 aliphatic rings. The van der Waals surface area contributed by atoms with Crippen LogP contribution in [0.2, 0.25) is 0 Å². The first-order valence-corrected chi connectivity index (χ1v) is 5.42. The highest BCUT2D eigenvalue weighted by atomic mass is 19.1. The van der Waals surface area contributed by atoms with Crippen molar-refractivity contribution >= 4 is 5.69 Å². The van der Waals surface area contributed by atoms with Gasteiger partial charge in [-0.1, -0.05) is 12.1 Å². The number of hydrogen-bond donors (Lipinski definition) is 0. The van der Waals surface area contributed by atoms with E-state index in [0.717, 1.165) is 5.56 Å². The minimum atomic E-state index is -0.445. The molecule has 0 saturated carbocycles. The van der Waals surface area contributed by atoms with Crippen LogP contribution >= 0.6 is 0 Å². The van der Waals surface area contributed by atoms with Gasteiger partial charge >= 0.3 is 5.69 Å². The number of benzene rings is 1. The van der Waals surface area contributed by atoms with Crippen LogP contribution < -0.4 is 0 Å². The molecule has 94 valence electrons. The molecule has 6 heteroatoms. The lowest BCUT2D eigenvalue weighted by Crippen LogP contribution is -2.04. The summed E-state index contributed by atoms with van der Waals surface area (Å²) in [5.74, 6) is -0.330. The van der Waals surface area contributed by atoms with Crippen LogP contribution in [0.4, 0.5) is 10.1 Å². The molecule has 18 heavy (non-hydrogen) atoms. The van der Waals surface area contributed by atoms with Crippen LogP contribution in [-0.4, -0.2) is 14.7 Å². The molecule has 1 heterocycles. The molecule has 0 radical (unpaired) electrons. The summed E-state index contributed by atoms with van der Waals surface area (Å²) in [5, 5.41) is 15.0. The summed E-state index contributed by atoms with van der Waals surface area (Å²) in [5.41, 5.74) is 1.58. The standard InChI is InChI=1S/C12H12FN3O2/c1-8-12(16(17)18)9(2)15(14-8)7-10-4-3-5-11(13)6-10/h3-6H,7H2,1-2H3. The summed E-state index contributed by atoms with van der Waals surface area (Å²) in [6.07, 6.45) is 0. The Bertz CT molecular complexity index is 607. The molecular weight excluding hydrogens is 237 g/mol. The maximum atomic E-state index is 13.0. The van der Waals surface area contributed by atoms with E-state index in [9.17, 15) is 14.5 Å². The van der Waals surface area contributed by atoms with Gasteiger partial charge in [-0.15, -0.1) is 0 Å². The minimum absolute atomic E-state index is 0.0198. The molecule has 0 aliphatic heterocycles. The zero-order chi connectivity index (χ0) is 13.3. The first-order valence-electron chi connectivity index (χ1n) is 5.42. The average molecular weight is 249 g/mol. The average Bonchev–Trinajstić information content (AvgIpc) is 2.54. The fourth-order valence-corrected chi connectivity index (χ4v) is 1.91. The van der Waals surface area contributed by atoms with Gasteiger partial charge in [0, 0.05) is 0 Å². The molecule has 0 bridgehead atoms. The van der Waals surface area contributed by atoms with Crippen LogP contribution in [0.15, 0.2) is 24.3 Å². The van der Waals surface area contributed by atoms with Crippen LogP contribution in [0.5, 0.6) is 0 Å². The lowest BCUT2D eigenvalue weighted by atomic mass is 10.2. The van der Waals surface area contributed by atoms with Gasteiger partial charge in [-0.05, 0) is 31.5 Å². The van der Waals surface area contributed by atoms with Gasteiger partial charge in [0.1, 0.15) is 17.2 Å². The van der Waals surface area contributed by atoms with Crippen LogP contribution in [0.3, 0.4) is 0 Å². The third-order valence-corrected chi connectivity index (χ3v) is 2.75. The number of nitrogens with zero attached hydrogens (tertiary/aromatic N) is 3. The van der Waals surface area contributed by atoms with Gasteiger partial charge in [0.15, 0.2) is 0 Å².